The lowest BCUT2D eigenvalue weighted by Crippen LogP contribution is -2.01. The molecule has 0 fully saturated rings. The van der Waals surface area contributed by atoms with Crippen LogP contribution in [-0.2, 0) is 6.42 Å². The van der Waals surface area contributed by atoms with E-state index in [4.69, 9.17) is 4.42 Å². The average Bonchev–Trinajstić information content (AvgIpc) is 2.61. The Morgan fingerprint density at radius 1 is 1.36 bits per heavy atom. The van der Waals surface area contributed by atoms with Crippen molar-refractivity contribution in [3.8, 4) is 0 Å². The fourth-order valence-electron chi connectivity index (χ4n) is 1.58. The van der Waals surface area contributed by atoms with Crippen molar-refractivity contribution in [1.82, 2.24) is 0 Å². The third-order valence-electron chi connectivity index (χ3n) is 2.48. The second kappa shape index (κ2) is 5.20. The van der Waals surface area contributed by atoms with Crippen molar-refractivity contribution in [3.05, 3.63) is 23.7 Å². The summed E-state index contributed by atoms with van der Waals surface area (Å²) < 4.78 is 5.28. The van der Waals surface area contributed by atoms with Crippen molar-refractivity contribution in [2.45, 2.75) is 46.1 Å². The molecule has 0 aliphatic heterocycles. The third kappa shape index (κ3) is 2.88. The van der Waals surface area contributed by atoms with E-state index in [0.29, 0.717) is 5.92 Å². The molecule has 0 aromatic carbocycles. The molecule has 1 aromatic rings. The van der Waals surface area contributed by atoms with E-state index in [1.807, 2.05) is 13.0 Å². The van der Waals surface area contributed by atoms with Gasteiger partial charge in [0, 0.05) is 12.0 Å². The highest BCUT2D eigenvalue weighted by molar-refractivity contribution is 5.19. The van der Waals surface area contributed by atoms with Crippen LogP contribution < -0.4 is 0 Å². The normalized spacial score (nSPS) is 13.5. The largest absolute Gasteiger partial charge is 0.469 e. The lowest BCUT2D eigenvalue weighted by Gasteiger charge is -2.11. The van der Waals surface area contributed by atoms with Crippen LogP contribution in [0.15, 0.2) is 16.7 Å². The standard InChI is InChI=1S/C12H20O2/c1-4-12-10(7-8-14-12)11(13)6-5-9(2)3/h7-9,11,13H,4-6H2,1-3H3. The first-order valence-electron chi connectivity index (χ1n) is 5.39. The van der Waals surface area contributed by atoms with Gasteiger partial charge in [0.15, 0.2) is 0 Å². The van der Waals surface area contributed by atoms with Gasteiger partial charge in [-0.1, -0.05) is 20.8 Å². The van der Waals surface area contributed by atoms with Crippen molar-refractivity contribution in [2.24, 2.45) is 5.92 Å². The molecule has 0 aliphatic rings. The van der Waals surface area contributed by atoms with Crippen LogP contribution in [0.25, 0.3) is 0 Å². The molecule has 14 heavy (non-hydrogen) atoms. The molecule has 2 heteroatoms. The van der Waals surface area contributed by atoms with Crippen LogP contribution in [0.4, 0.5) is 0 Å². The molecular formula is C12H20O2. The summed E-state index contributed by atoms with van der Waals surface area (Å²) in [5.41, 5.74) is 0.966. The zero-order valence-electron chi connectivity index (χ0n) is 9.29. The Kier molecular flexibility index (Phi) is 4.21. The van der Waals surface area contributed by atoms with Crippen LogP contribution in [0.5, 0.6) is 0 Å². The second-order valence-corrected chi connectivity index (χ2v) is 4.14. The Morgan fingerprint density at radius 3 is 2.64 bits per heavy atom. The summed E-state index contributed by atoms with van der Waals surface area (Å²) in [6.45, 7) is 6.38. The van der Waals surface area contributed by atoms with Crippen LogP contribution in [0, 0.1) is 5.92 Å². The maximum Gasteiger partial charge on any atom is 0.109 e. The molecule has 1 rings (SSSR count). The van der Waals surface area contributed by atoms with E-state index < -0.39 is 0 Å². The van der Waals surface area contributed by atoms with Crippen LogP contribution in [0.1, 0.15) is 51.0 Å². The van der Waals surface area contributed by atoms with E-state index in [9.17, 15) is 5.11 Å². The van der Waals surface area contributed by atoms with Gasteiger partial charge in [0.25, 0.3) is 0 Å². The lowest BCUT2D eigenvalue weighted by molar-refractivity contribution is 0.157. The second-order valence-electron chi connectivity index (χ2n) is 4.14. The lowest BCUT2D eigenvalue weighted by atomic mass is 10.00. The first kappa shape index (κ1) is 11.3. The van der Waals surface area contributed by atoms with Gasteiger partial charge in [-0.25, -0.2) is 0 Å². The molecule has 2 nitrogen and oxygen atoms in total. The van der Waals surface area contributed by atoms with E-state index in [1.165, 1.54) is 0 Å². The van der Waals surface area contributed by atoms with Gasteiger partial charge < -0.3 is 9.52 Å². The van der Waals surface area contributed by atoms with E-state index >= 15 is 0 Å². The fourth-order valence-corrected chi connectivity index (χ4v) is 1.58. The Labute approximate surface area is 85.9 Å². The monoisotopic (exact) mass is 196 g/mol. The van der Waals surface area contributed by atoms with Gasteiger partial charge in [0.2, 0.25) is 0 Å². The molecule has 0 amide bonds. The Bertz CT molecular complexity index is 263. The number of hydrogen-bond donors (Lipinski definition) is 1. The topological polar surface area (TPSA) is 33.4 Å². The van der Waals surface area contributed by atoms with Crippen molar-refractivity contribution < 1.29 is 9.52 Å². The minimum absolute atomic E-state index is 0.355. The SMILES string of the molecule is CCc1occc1C(O)CCC(C)C. The van der Waals surface area contributed by atoms with E-state index in [0.717, 1.165) is 30.6 Å². The molecule has 1 atom stereocenters. The molecule has 1 aromatic heterocycles. The molecule has 0 radical (unpaired) electrons. The van der Waals surface area contributed by atoms with Gasteiger partial charge >= 0.3 is 0 Å². The molecule has 0 spiro atoms. The molecule has 0 aliphatic carbocycles. The summed E-state index contributed by atoms with van der Waals surface area (Å²) in [5, 5.41) is 9.91. The molecule has 0 saturated carbocycles. The number of rotatable bonds is 5. The summed E-state index contributed by atoms with van der Waals surface area (Å²) in [6.07, 6.45) is 4.03. The number of furan rings is 1. The van der Waals surface area contributed by atoms with Crippen LogP contribution >= 0.6 is 0 Å². The maximum atomic E-state index is 9.91. The van der Waals surface area contributed by atoms with Crippen molar-refractivity contribution in [2.75, 3.05) is 0 Å². The first-order chi connectivity index (χ1) is 6.65. The minimum Gasteiger partial charge on any atom is -0.469 e. The Hall–Kier alpha value is -0.760. The summed E-state index contributed by atoms with van der Waals surface area (Å²) in [4.78, 5) is 0. The molecule has 1 heterocycles. The summed E-state index contributed by atoms with van der Waals surface area (Å²) in [7, 11) is 0. The molecule has 80 valence electrons. The van der Waals surface area contributed by atoms with Crippen molar-refractivity contribution >= 4 is 0 Å². The number of aliphatic hydroxyl groups excluding tert-OH is 1. The van der Waals surface area contributed by atoms with Crippen LogP contribution in [0.2, 0.25) is 0 Å². The van der Waals surface area contributed by atoms with Gasteiger partial charge in [-0.2, -0.15) is 0 Å². The van der Waals surface area contributed by atoms with Crippen molar-refractivity contribution in [3.63, 3.8) is 0 Å². The van der Waals surface area contributed by atoms with E-state index in [1.54, 1.807) is 6.26 Å². The van der Waals surface area contributed by atoms with Crippen LogP contribution in [-0.4, -0.2) is 5.11 Å². The predicted molar refractivity (Wildman–Crippen MR) is 57.1 cm³/mol. The summed E-state index contributed by atoms with van der Waals surface area (Å²) in [5.74, 6) is 1.56. The quantitative estimate of drug-likeness (QED) is 0.783. The minimum atomic E-state index is -0.355. The maximum absolute atomic E-state index is 9.91. The molecule has 1 N–H and O–H groups in total. The Balaban J connectivity index is 2.55. The molecule has 1 unspecified atom stereocenters. The smallest absolute Gasteiger partial charge is 0.109 e. The van der Waals surface area contributed by atoms with E-state index in [-0.39, 0.29) is 6.10 Å². The van der Waals surface area contributed by atoms with Crippen molar-refractivity contribution in [1.29, 1.82) is 0 Å². The molecule has 0 bridgehead atoms. The Morgan fingerprint density at radius 2 is 2.07 bits per heavy atom. The molecule has 0 saturated heterocycles. The van der Waals surface area contributed by atoms with Gasteiger partial charge in [-0.05, 0) is 24.8 Å². The van der Waals surface area contributed by atoms with Gasteiger partial charge in [-0.15, -0.1) is 0 Å². The van der Waals surface area contributed by atoms with Gasteiger partial charge in [0.1, 0.15) is 5.76 Å². The zero-order chi connectivity index (χ0) is 10.6. The highest BCUT2D eigenvalue weighted by atomic mass is 16.3. The van der Waals surface area contributed by atoms with Gasteiger partial charge in [-0.3, -0.25) is 0 Å². The highest BCUT2D eigenvalue weighted by Crippen LogP contribution is 2.25. The zero-order valence-corrected chi connectivity index (χ0v) is 9.29. The summed E-state index contributed by atoms with van der Waals surface area (Å²) in [6, 6.07) is 1.88. The van der Waals surface area contributed by atoms with Gasteiger partial charge in [0.05, 0.1) is 12.4 Å². The number of aliphatic hydroxyl groups is 1. The average molecular weight is 196 g/mol. The third-order valence-corrected chi connectivity index (χ3v) is 2.48. The predicted octanol–water partition coefficient (Wildman–Crippen LogP) is 3.31. The summed E-state index contributed by atoms with van der Waals surface area (Å²) >= 11 is 0. The first-order valence-corrected chi connectivity index (χ1v) is 5.39. The van der Waals surface area contributed by atoms with E-state index in [2.05, 4.69) is 13.8 Å². The van der Waals surface area contributed by atoms with Crippen LogP contribution in [0.3, 0.4) is 0 Å². The number of hydrogen-bond acceptors (Lipinski definition) is 2. The molecular weight excluding hydrogens is 176 g/mol. The fraction of sp³-hybridized carbons (Fsp3) is 0.667. The number of aryl methyl sites for hydroxylation is 1. The highest BCUT2D eigenvalue weighted by Gasteiger charge is 2.14.